The van der Waals surface area contributed by atoms with Gasteiger partial charge in [0, 0.05) is 6.54 Å². The van der Waals surface area contributed by atoms with E-state index in [1.165, 1.54) is 0 Å². The standard InChI is InChI=1S/C14H15FN2O3S/c1-20-12-5-2-10(3-6-12)9-17-21(18,19)14-7-4-11(15)8-13(14)16/h2-8,17H,9,16H2,1H3. The Morgan fingerprint density at radius 1 is 1.19 bits per heavy atom. The van der Waals surface area contributed by atoms with Gasteiger partial charge in [-0.1, -0.05) is 12.1 Å². The number of anilines is 1. The van der Waals surface area contributed by atoms with E-state index in [0.29, 0.717) is 5.75 Å². The molecule has 0 aliphatic heterocycles. The first-order valence-corrected chi connectivity index (χ1v) is 7.58. The van der Waals surface area contributed by atoms with Crippen molar-refractivity contribution in [3.8, 4) is 5.75 Å². The first-order chi connectivity index (χ1) is 9.92. The highest BCUT2D eigenvalue weighted by Gasteiger charge is 2.17. The minimum atomic E-state index is -3.79. The normalized spacial score (nSPS) is 11.3. The summed E-state index contributed by atoms with van der Waals surface area (Å²) in [5.74, 6) is 0.103. The minimum Gasteiger partial charge on any atom is -0.497 e. The van der Waals surface area contributed by atoms with Gasteiger partial charge in [0.15, 0.2) is 0 Å². The second-order valence-corrected chi connectivity index (χ2v) is 6.09. The first-order valence-electron chi connectivity index (χ1n) is 6.10. The fourth-order valence-electron chi connectivity index (χ4n) is 1.76. The van der Waals surface area contributed by atoms with Crippen LogP contribution in [0.1, 0.15) is 5.56 Å². The summed E-state index contributed by atoms with van der Waals surface area (Å²) in [6.45, 7) is 0.100. The van der Waals surface area contributed by atoms with Crippen molar-refractivity contribution in [1.29, 1.82) is 0 Å². The molecule has 0 spiro atoms. The Bertz CT molecular complexity index is 730. The van der Waals surface area contributed by atoms with Crippen molar-refractivity contribution in [1.82, 2.24) is 4.72 Å². The zero-order valence-corrected chi connectivity index (χ0v) is 12.2. The largest absolute Gasteiger partial charge is 0.497 e. The highest BCUT2D eigenvalue weighted by Crippen LogP contribution is 2.19. The van der Waals surface area contributed by atoms with E-state index in [1.54, 1.807) is 31.4 Å². The number of nitrogens with two attached hydrogens (primary N) is 1. The van der Waals surface area contributed by atoms with Gasteiger partial charge in [-0.3, -0.25) is 0 Å². The number of hydrogen-bond acceptors (Lipinski definition) is 4. The number of methoxy groups -OCH3 is 1. The Morgan fingerprint density at radius 2 is 1.86 bits per heavy atom. The monoisotopic (exact) mass is 310 g/mol. The molecule has 2 aromatic rings. The predicted octanol–water partition coefficient (Wildman–Crippen LogP) is 1.90. The third-order valence-electron chi connectivity index (χ3n) is 2.89. The molecule has 0 fully saturated rings. The van der Waals surface area contributed by atoms with Crippen LogP contribution >= 0.6 is 0 Å². The van der Waals surface area contributed by atoms with E-state index in [-0.39, 0.29) is 17.1 Å². The lowest BCUT2D eigenvalue weighted by Crippen LogP contribution is -2.24. The van der Waals surface area contributed by atoms with Gasteiger partial charge in [0.25, 0.3) is 0 Å². The van der Waals surface area contributed by atoms with E-state index in [4.69, 9.17) is 10.5 Å². The summed E-state index contributed by atoms with van der Waals surface area (Å²) in [5, 5.41) is 0. The van der Waals surface area contributed by atoms with Crippen LogP contribution in [0.25, 0.3) is 0 Å². The van der Waals surface area contributed by atoms with Gasteiger partial charge >= 0.3 is 0 Å². The summed E-state index contributed by atoms with van der Waals surface area (Å²) in [5.41, 5.74) is 6.18. The highest BCUT2D eigenvalue weighted by atomic mass is 32.2. The number of halogens is 1. The number of nitrogen functional groups attached to an aromatic ring is 1. The Kier molecular flexibility index (Phi) is 4.44. The van der Waals surface area contributed by atoms with Crippen molar-refractivity contribution in [3.63, 3.8) is 0 Å². The molecule has 0 radical (unpaired) electrons. The Morgan fingerprint density at radius 3 is 2.43 bits per heavy atom. The van der Waals surface area contributed by atoms with E-state index in [1.807, 2.05) is 0 Å². The van der Waals surface area contributed by atoms with Gasteiger partial charge in [-0.25, -0.2) is 17.5 Å². The van der Waals surface area contributed by atoms with Gasteiger partial charge in [-0.2, -0.15) is 0 Å². The topological polar surface area (TPSA) is 81.4 Å². The summed E-state index contributed by atoms with van der Waals surface area (Å²) in [6.07, 6.45) is 0. The third kappa shape index (κ3) is 3.71. The lowest BCUT2D eigenvalue weighted by molar-refractivity contribution is 0.414. The molecule has 7 heteroatoms. The second kappa shape index (κ2) is 6.11. The SMILES string of the molecule is COc1ccc(CNS(=O)(=O)c2ccc(F)cc2N)cc1. The van der Waals surface area contributed by atoms with E-state index < -0.39 is 15.8 Å². The number of nitrogens with one attached hydrogen (secondary N) is 1. The Hall–Kier alpha value is -2.12. The fourth-order valence-corrected chi connectivity index (χ4v) is 2.89. The molecule has 0 saturated carbocycles. The number of sulfonamides is 1. The summed E-state index contributed by atoms with van der Waals surface area (Å²) in [4.78, 5) is -0.141. The molecule has 5 nitrogen and oxygen atoms in total. The molecule has 2 rings (SSSR count). The maximum Gasteiger partial charge on any atom is 0.242 e. The number of hydrogen-bond donors (Lipinski definition) is 2. The van der Waals surface area contributed by atoms with Crippen molar-refractivity contribution in [2.75, 3.05) is 12.8 Å². The van der Waals surface area contributed by atoms with Crippen LogP contribution in [0.2, 0.25) is 0 Å². The van der Waals surface area contributed by atoms with Gasteiger partial charge in [-0.05, 0) is 35.9 Å². The van der Waals surface area contributed by atoms with E-state index in [9.17, 15) is 12.8 Å². The van der Waals surface area contributed by atoms with Crippen LogP contribution in [-0.2, 0) is 16.6 Å². The maximum absolute atomic E-state index is 13.0. The van der Waals surface area contributed by atoms with Crippen LogP contribution in [0.15, 0.2) is 47.4 Å². The van der Waals surface area contributed by atoms with Crippen molar-refractivity contribution in [2.24, 2.45) is 0 Å². The number of rotatable bonds is 5. The summed E-state index contributed by atoms with van der Waals surface area (Å²) < 4.78 is 44.6. The van der Waals surface area contributed by atoms with Gasteiger partial charge in [0.1, 0.15) is 16.5 Å². The Labute approximate surface area is 122 Å². The number of benzene rings is 2. The molecule has 0 aliphatic rings. The number of ether oxygens (including phenoxy) is 1. The molecule has 0 heterocycles. The van der Waals surface area contributed by atoms with Crippen molar-refractivity contribution in [3.05, 3.63) is 53.8 Å². The average molecular weight is 310 g/mol. The molecule has 2 aromatic carbocycles. The van der Waals surface area contributed by atoms with Crippen LogP contribution in [0.5, 0.6) is 5.75 Å². The maximum atomic E-state index is 13.0. The fraction of sp³-hybridized carbons (Fsp3) is 0.143. The lowest BCUT2D eigenvalue weighted by Gasteiger charge is -2.09. The highest BCUT2D eigenvalue weighted by molar-refractivity contribution is 7.89. The van der Waals surface area contributed by atoms with Crippen LogP contribution in [0.4, 0.5) is 10.1 Å². The molecule has 3 N–H and O–H groups in total. The molecule has 0 bridgehead atoms. The van der Waals surface area contributed by atoms with Crippen LogP contribution in [0, 0.1) is 5.82 Å². The molecule has 0 aliphatic carbocycles. The second-order valence-electron chi connectivity index (χ2n) is 4.35. The zero-order valence-electron chi connectivity index (χ0n) is 11.3. The Balaban J connectivity index is 2.13. The lowest BCUT2D eigenvalue weighted by atomic mass is 10.2. The van der Waals surface area contributed by atoms with Crippen molar-refractivity contribution >= 4 is 15.7 Å². The molecule has 0 unspecified atom stereocenters. The van der Waals surface area contributed by atoms with E-state index >= 15 is 0 Å². The van der Waals surface area contributed by atoms with Crippen LogP contribution < -0.4 is 15.2 Å². The van der Waals surface area contributed by atoms with Gasteiger partial charge in [-0.15, -0.1) is 0 Å². The molecular weight excluding hydrogens is 295 g/mol. The van der Waals surface area contributed by atoms with Crippen LogP contribution in [0.3, 0.4) is 0 Å². The quantitative estimate of drug-likeness (QED) is 0.826. The smallest absolute Gasteiger partial charge is 0.242 e. The van der Waals surface area contributed by atoms with Gasteiger partial charge in [0.2, 0.25) is 10.0 Å². The first kappa shape index (κ1) is 15.3. The summed E-state index contributed by atoms with van der Waals surface area (Å²) >= 11 is 0. The molecule has 21 heavy (non-hydrogen) atoms. The molecular formula is C14H15FN2O3S. The van der Waals surface area contributed by atoms with E-state index in [0.717, 1.165) is 23.8 Å². The summed E-state index contributed by atoms with van der Waals surface area (Å²) in [6, 6.07) is 10.1. The van der Waals surface area contributed by atoms with E-state index in [2.05, 4.69) is 4.72 Å². The van der Waals surface area contributed by atoms with Gasteiger partial charge < -0.3 is 10.5 Å². The zero-order chi connectivity index (χ0) is 15.5. The molecule has 112 valence electrons. The molecule has 0 amide bonds. The minimum absolute atomic E-state index is 0.100. The van der Waals surface area contributed by atoms with Crippen molar-refractivity contribution < 1.29 is 17.5 Å². The van der Waals surface area contributed by atoms with Crippen molar-refractivity contribution in [2.45, 2.75) is 11.4 Å². The summed E-state index contributed by atoms with van der Waals surface area (Å²) in [7, 11) is -2.24. The molecule has 0 saturated heterocycles. The molecule has 0 atom stereocenters. The molecule has 0 aromatic heterocycles. The third-order valence-corrected chi connectivity index (χ3v) is 4.36. The average Bonchev–Trinajstić information content (AvgIpc) is 2.45. The van der Waals surface area contributed by atoms with Gasteiger partial charge in [0.05, 0.1) is 12.8 Å². The predicted molar refractivity (Wildman–Crippen MR) is 77.8 cm³/mol. The van der Waals surface area contributed by atoms with Crippen LogP contribution in [-0.4, -0.2) is 15.5 Å².